The first kappa shape index (κ1) is 31.1. The van der Waals surface area contributed by atoms with Crippen molar-refractivity contribution >= 4 is 34.5 Å². The molecule has 0 aliphatic heterocycles. The summed E-state index contributed by atoms with van der Waals surface area (Å²) in [5, 5.41) is 16.9. The highest BCUT2D eigenvalue weighted by Gasteiger charge is 2.34. The highest BCUT2D eigenvalue weighted by atomic mass is 16.6. The SMILES string of the molecule is COc1ccc(N(C[C@H](C#N)NC(=O)[C@@H]2CCCC[C@@H]2NC(=O)c2cc3ccccc3n2C)C(=O)OCc2ccccc2)cc1. The fourth-order valence-corrected chi connectivity index (χ4v) is 5.79. The molecule has 0 saturated heterocycles. The summed E-state index contributed by atoms with van der Waals surface area (Å²) in [7, 11) is 3.39. The summed E-state index contributed by atoms with van der Waals surface area (Å²) in [6.07, 6.45) is 2.28. The molecular weight excluding hydrogens is 570 g/mol. The van der Waals surface area contributed by atoms with Crippen LogP contribution in [0.5, 0.6) is 5.75 Å². The maximum absolute atomic E-state index is 13.6. The third-order valence-corrected chi connectivity index (χ3v) is 8.25. The number of hydrogen-bond donors (Lipinski definition) is 2. The molecule has 1 aliphatic carbocycles. The monoisotopic (exact) mass is 607 g/mol. The van der Waals surface area contributed by atoms with Crippen LogP contribution in [0, 0.1) is 17.2 Å². The number of benzene rings is 3. The summed E-state index contributed by atoms with van der Waals surface area (Å²) in [6.45, 7) is -0.0854. The van der Waals surface area contributed by atoms with E-state index in [9.17, 15) is 19.6 Å². The lowest BCUT2D eigenvalue weighted by Crippen LogP contribution is -2.52. The molecule has 5 rings (SSSR count). The third kappa shape index (κ3) is 7.44. The number of nitrogens with one attached hydrogen (secondary N) is 2. The number of rotatable bonds is 10. The lowest BCUT2D eigenvalue weighted by Gasteiger charge is -2.32. The van der Waals surface area contributed by atoms with Gasteiger partial charge in [0.25, 0.3) is 5.91 Å². The largest absolute Gasteiger partial charge is 0.497 e. The molecule has 0 unspecified atom stereocenters. The standard InChI is InChI=1S/C35H37N5O5/c1-39-31-15-9-6-12-25(31)20-32(39)34(42)38-30-14-8-7-13-29(30)33(41)37-26(21-36)22-40(27-16-18-28(44-2)19-17-27)35(43)45-23-24-10-4-3-5-11-24/h3-6,9-12,15-20,26,29-30H,7-8,13-14,22-23H2,1-2H3,(H,37,41)(H,38,42)/t26-,29+,30-/m0/s1. The molecule has 3 aromatic carbocycles. The number of anilines is 1. The Hall–Kier alpha value is -5.30. The van der Waals surface area contributed by atoms with Gasteiger partial charge in [0.1, 0.15) is 24.1 Å². The smallest absolute Gasteiger partial charge is 0.414 e. The van der Waals surface area contributed by atoms with Crippen molar-refractivity contribution in [3.8, 4) is 11.8 Å². The molecular formula is C35H37N5O5. The van der Waals surface area contributed by atoms with Crippen LogP contribution in [0.2, 0.25) is 0 Å². The Morgan fingerprint density at radius 3 is 2.42 bits per heavy atom. The third-order valence-electron chi connectivity index (χ3n) is 8.25. The maximum atomic E-state index is 13.6. The van der Waals surface area contributed by atoms with E-state index in [4.69, 9.17) is 9.47 Å². The van der Waals surface area contributed by atoms with Gasteiger partial charge < -0.3 is 24.7 Å². The molecule has 10 heteroatoms. The van der Waals surface area contributed by atoms with Crippen molar-refractivity contribution in [2.45, 2.75) is 44.4 Å². The van der Waals surface area contributed by atoms with Gasteiger partial charge in [-0.3, -0.25) is 14.5 Å². The molecule has 232 valence electrons. The molecule has 0 spiro atoms. The number of aryl methyl sites for hydroxylation is 1. The van der Waals surface area contributed by atoms with Crippen molar-refractivity contribution in [3.05, 3.63) is 96.2 Å². The van der Waals surface area contributed by atoms with Crippen LogP contribution >= 0.6 is 0 Å². The van der Waals surface area contributed by atoms with Gasteiger partial charge in [0, 0.05) is 29.7 Å². The summed E-state index contributed by atoms with van der Waals surface area (Å²) in [6, 6.07) is 26.4. The number of ether oxygens (including phenoxy) is 2. The van der Waals surface area contributed by atoms with E-state index in [1.165, 1.54) is 4.90 Å². The molecule has 0 bridgehead atoms. The van der Waals surface area contributed by atoms with Crippen molar-refractivity contribution < 1.29 is 23.9 Å². The van der Waals surface area contributed by atoms with Gasteiger partial charge in [-0.1, -0.05) is 61.4 Å². The molecule has 0 radical (unpaired) electrons. The second kappa shape index (κ2) is 14.4. The number of carbonyl (C=O) groups is 3. The molecule has 1 aromatic heterocycles. The molecule has 45 heavy (non-hydrogen) atoms. The quantitative estimate of drug-likeness (QED) is 0.251. The summed E-state index contributed by atoms with van der Waals surface area (Å²) in [4.78, 5) is 41.6. The van der Waals surface area contributed by atoms with Crippen LogP contribution in [-0.4, -0.2) is 48.2 Å². The number of amides is 3. The normalized spacial score (nSPS) is 16.6. The van der Waals surface area contributed by atoms with Gasteiger partial charge in [0.05, 0.1) is 25.6 Å². The number of aromatic nitrogens is 1. The molecule has 1 fully saturated rings. The number of nitriles is 1. The van der Waals surface area contributed by atoms with Crippen molar-refractivity contribution in [2.24, 2.45) is 13.0 Å². The Morgan fingerprint density at radius 2 is 1.71 bits per heavy atom. The first-order chi connectivity index (χ1) is 21.9. The summed E-state index contributed by atoms with van der Waals surface area (Å²) >= 11 is 0. The Kier molecular flexibility index (Phi) is 10.00. The van der Waals surface area contributed by atoms with Crippen LogP contribution in [0.3, 0.4) is 0 Å². The van der Waals surface area contributed by atoms with Gasteiger partial charge in [-0.15, -0.1) is 0 Å². The second-order valence-corrected chi connectivity index (χ2v) is 11.2. The van der Waals surface area contributed by atoms with Crippen molar-refractivity contribution in [2.75, 3.05) is 18.6 Å². The minimum atomic E-state index is -1.03. The molecule has 3 atom stereocenters. The highest BCUT2D eigenvalue weighted by molar-refractivity contribution is 5.99. The van der Waals surface area contributed by atoms with Crippen LogP contribution in [0.4, 0.5) is 10.5 Å². The number of fused-ring (bicyclic) bond motifs is 1. The zero-order valence-corrected chi connectivity index (χ0v) is 25.4. The fourth-order valence-electron chi connectivity index (χ4n) is 5.79. The average Bonchev–Trinajstić information content (AvgIpc) is 3.42. The summed E-state index contributed by atoms with van der Waals surface area (Å²) in [5.74, 6) is -0.499. The average molecular weight is 608 g/mol. The van der Waals surface area contributed by atoms with Gasteiger partial charge >= 0.3 is 6.09 Å². The zero-order valence-electron chi connectivity index (χ0n) is 25.4. The van der Waals surface area contributed by atoms with Gasteiger partial charge in [0.15, 0.2) is 0 Å². The van der Waals surface area contributed by atoms with E-state index in [1.807, 2.05) is 72.3 Å². The van der Waals surface area contributed by atoms with Crippen LogP contribution < -0.4 is 20.3 Å². The van der Waals surface area contributed by atoms with Gasteiger partial charge in [-0.2, -0.15) is 5.26 Å². The molecule has 3 amide bonds. The molecule has 1 aliphatic rings. The van der Waals surface area contributed by atoms with Crippen LogP contribution in [0.15, 0.2) is 84.9 Å². The van der Waals surface area contributed by atoms with Crippen molar-refractivity contribution in [1.29, 1.82) is 5.26 Å². The molecule has 1 heterocycles. The topological polar surface area (TPSA) is 126 Å². The summed E-state index contributed by atoms with van der Waals surface area (Å²) < 4.78 is 12.7. The number of methoxy groups -OCH3 is 1. The van der Waals surface area contributed by atoms with E-state index in [2.05, 4.69) is 16.7 Å². The van der Waals surface area contributed by atoms with Gasteiger partial charge in [-0.05, 0) is 54.8 Å². The van der Waals surface area contributed by atoms with E-state index in [0.29, 0.717) is 30.0 Å². The summed E-state index contributed by atoms with van der Waals surface area (Å²) in [5.41, 5.74) is 2.77. The predicted octanol–water partition coefficient (Wildman–Crippen LogP) is 5.33. The van der Waals surface area contributed by atoms with Crippen LogP contribution in [-0.2, 0) is 23.2 Å². The minimum Gasteiger partial charge on any atom is -0.497 e. The molecule has 1 saturated carbocycles. The van der Waals surface area contributed by atoms with Crippen LogP contribution in [0.25, 0.3) is 10.9 Å². The molecule has 4 aromatic rings. The van der Waals surface area contributed by atoms with Crippen molar-refractivity contribution in [1.82, 2.24) is 15.2 Å². The van der Waals surface area contributed by atoms with Crippen molar-refractivity contribution in [3.63, 3.8) is 0 Å². The first-order valence-corrected chi connectivity index (χ1v) is 15.1. The van der Waals surface area contributed by atoms with Gasteiger partial charge in [0.2, 0.25) is 5.91 Å². The Morgan fingerprint density at radius 1 is 1.00 bits per heavy atom. The molecule has 10 nitrogen and oxygen atoms in total. The molecule has 2 N–H and O–H groups in total. The van der Waals surface area contributed by atoms with Gasteiger partial charge in [-0.25, -0.2) is 4.79 Å². The van der Waals surface area contributed by atoms with Crippen LogP contribution in [0.1, 0.15) is 41.7 Å². The van der Waals surface area contributed by atoms with E-state index in [-0.39, 0.29) is 25.0 Å². The number of hydrogen-bond acceptors (Lipinski definition) is 6. The van der Waals surface area contributed by atoms with E-state index >= 15 is 0 Å². The lowest BCUT2D eigenvalue weighted by molar-refractivity contribution is -0.127. The van der Waals surface area contributed by atoms with E-state index < -0.39 is 24.1 Å². The van der Waals surface area contributed by atoms with E-state index in [1.54, 1.807) is 31.4 Å². The second-order valence-electron chi connectivity index (χ2n) is 11.2. The zero-order chi connectivity index (χ0) is 31.8. The Bertz CT molecular complexity index is 1680. The maximum Gasteiger partial charge on any atom is 0.414 e. The van der Waals surface area contributed by atoms with E-state index in [0.717, 1.165) is 29.3 Å². The Labute approximate surface area is 262 Å². The number of para-hydroxylation sites is 1. The Balaban J connectivity index is 1.28. The number of nitrogens with zero attached hydrogens (tertiary/aromatic N) is 3. The minimum absolute atomic E-state index is 0.0517. The highest BCUT2D eigenvalue weighted by Crippen LogP contribution is 2.27. The lowest BCUT2D eigenvalue weighted by atomic mass is 9.83. The number of carbonyl (C=O) groups excluding carboxylic acids is 3. The first-order valence-electron chi connectivity index (χ1n) is 15.1. The fraction of sp³-hybridized carbons (Fsp3) is 0.314. The predicted molar refractivity (Wildman–Crippen MR) is 171 cm³/mol.